The Morgan fingerprint density at radius 2 is 2.17 bits per heavy atom. The van der Waals surface area contributed by atoms with Crippen molar-refractivity contribution in [2.45, 2.75) is 33.1 Å². The summed E-state index contributed by atoms with van der Waals surface area (Å²) >= 11 is 0. The molecule has 2 rings (SSSR count). The third-order valence-electron chi connectivity index (χ3n) is 3.41. The van der Waals surface area contributed by atoms with Crippen LogP contribution in [-0.4, -0.2) is 10.8 Å². The second-order valence-corrected chi connectivity index (χ2v) is 4.60. The first kappa shape index (κ1) is 12.6. The molecule has 94 valence electrons. The van der Waals surface area contributed by atoms with Gasteiger partial charge in [0.25, 0.3) is 0 Å². The molecule has 1 aromatic heterocycles. The molecule has 0 spiro atoms. The van der Waals surface area contributed by atoms with E-state index in [-0.39, 0.29) is 5.78 Å². The summed E-state index contributed by atoms with van der Waals surface area (Å²) in [5.41, 5.74) is 3.36. The van der Waals surface area contributed by atoms with Gasteiger partial charge in [-0.05, 0) is 50.0 Å². The maximum Gasteiger partial charge on any atom is 0.158 e. The number of hydrogen-bond donors (Lipinski definition) is 1. The number of Topliss-reactive ketones (excluding diaryl/α,β-unsaturated/α-hetero) is 1. The normalized spacial score (nSPS) is 12.0. The first-order chi connectivity index (χ1) is 8.72. The zero-order valence-electron chi connectivity index (χ0n) is 11.0. The highest BCUT2D eigenvalue weighted by Crippen LogP contribution is 2.19. The summed E-state index contributed by atoms with van der Waals surface area (Å²) in [7, 11) is 0. The molecule has 0 bridgehead atoms. The van der Waals surface area contributed by atoms with E-state index in [0.29, 0.717) is 6.42 Å². The largest absolute Gasteiger partial charge is 0.361 e. The van der Waals surface area contributed by atoms with E-state index in [1.807, 2.05) is 26.1 Å². The number of aromatic nitrogens is 1. The summed E-state index contributed by atoms with van der Waals surface area (Å²) in [6, 6.07) is 8.38. The zero-order valence-corrected chi connectivity index (χ0v) is 11.0. The first-order valence-corrected chi connectivity index (χ1v) is 6.43. The van der Waals surface area contributed by atoms with Crippen molar-refractivity contribution in [3.63, 3.8) is 0 Å². The maximum absolute atomic E-state index is 11.7. The van der Waals surface area contributed by atoms with Gasteiger partial charge in [-0.2, -0.15) is 0 Å². The maximum atomic E-state index is 11.7. The molecule has 0 aliphatic rings. The molecule has 0 atom stereocenters. The molecule has 1 N–H and O–H groups in total. The fraction of sp³-hybridized carbons (Fsp3) is 0.312. The molecule has 18 heavy (non-hydrogen) atoms. The fourth-order valence-electron chi connectivity index (χ4n) is 2.17. The Bertz CT molecular complexity index is 578. The van der Waals surface area contributed by atoms with Crippen LogP contribution in [0.15, 0.2) is 42.1 Å². The highest BCUT2D eigenvalue weighted by Gasteiger charge is 2.05. The molecule has 0 saturated heterocycles. The van der Waals surface area contributed by atoms with E-state index >= 15 is 0 Å². The number of ketones is 1. The van der Waals surface area contributed by atoms with E-state index in [1.54, 1.807) is 0 Å². The van der Waals surface area contributed by atoms with Crippen LogP contribution in [0.5, 0.6) is 0 Å². The van der Waals surface area contributed by atoms with Crippen LogP contribution in [0.25, 0.3) is 10.9 Å². The van der Waals surface area contributed by atoms with Crippen LogP contribution in [0.4, 0.5) is 0 Å². The lowest BCUT2D eigenvalue weighted by Crippen LogP contribution is -2.00. The molecular formula is C16H19NO. The summed E-state index contributed by atoms with van der Waals surface area (Å²) in [6.07, 6.45) is 6.35. The van der Waals surface area contributed by atoms with E-state index in [9.17, 15) is 4.79 Å². The van der Waals surface area contributed by atoms with Crippen LogP contribution in [0.3, 0.4) is 0 Å². The van der Waals surface area contributed by atoms with E-state index < -0.39 is 0 Å². The van der Waals surface area contributed by atoms with Gasteiger partial charge < -0.3 is 4.98 Å². The number of allylic oxidation sites excluding steroid dienone is 2. The van der Waals surface area contributed by atoms with Crippen LogP contribution in [-0.2, 0) is 11.2 Å². The van der Waals surface area contributed by atoms with Gasteiger partial charge in [-0.15, -0.1) is 0 Å². The second-order valence-electron chi connectivity index (χ2n) is 4.60. The van der Waals surface area contributed by atoms with Crippen molar-refractivity contribution in [3.8, 4) is 0 Å². The number of benzene rings is 1. The predicted molar refractivity (Wildman–Crippen MR) is 75.7 cm³/mol. The van der Waals surface area contributed by atoms with Crippen molar-refractivity contribution in [2.75, 3.05) is 0 Å². The number of rotatable bonds is 5. The third-order valence-corrected chi connectivity index (χ3v) is 3.41. The zero-order chi connectivity index (χ0) is 13.0. The van der Waals surface area contributed by atoms with E-state index in [1.165, 1.54) is 16.5 Å². The Labute approximate surface area is 108 Å². The molecule has 1 aromatic carbocycles. The highest BCUT2D eigenvalue weighted by molar-refractivity contribution is 5.94. The van der Waals surface area contributed by atoms with Crippen molar-refractivity contribution < 1.29 is 4.79 Å². The van der Waals surface area contributed by atoms with Crippen LogP contribution < -0.4 is 0 Å². The summed E-state index contributed by atoms with van der Waals surface area (Å²) in [5.74, 6) is 0.263. The average molecular weight is 241 g/mol. The number of aryl methyl sites for hydroxylation is 1. The topological polar surface area (TPSA) is 32.9 Å². The van der Waals surface area contributed by atoms with Gasteiger partial charge in [-0.25, -0.2) is 0 Å². The van der Waals surface area contributed by atoms with Crippen molar-refractivity contribution >= 4 is 16.7 Å². The van der Waals surface area contributed by atoms with Crippen molar-refractivity contribution in [1.29, 1.82) is 0 Å². The highest BCUT2D eigenvalue weighted by atomic mass is 16.1. The number of nitrogens with one attached hydrogen (secondary N) is 1. The Kier molecular flexibility index (Phi) is 3.98. The van der Waals surface area contributed by atoms with Crippen LogP contribution in [0, 0.1) is 0 Å². The molecule has 0 radical (unpaired) electrons. The van der Waals surface area contributed by atoms with Crippen molar-refractivity contribution in [3.05, 3.63) is 47.7 Å². The molecule has 1 heterocycles. The molecule has 0 saturated carbocycles. The molecule has 0 fully saturated rings. The van der Waals surface area contributed by atoms with Gasteiger partial charge in [0, 0.05) is 23.5 Å². The lowest BCUT2D eigenvalue weighted by Gasteiger charge is -2.03. The Morgan fingerprint density at radius 1 is 1.33 bits per heavy atom. The minimum absolute atomic E-state index is 0.263. The van der Waals surface area contributed by atoms with E-state index in [2.05, 4.69) is 29.2 Å². The second kappa shape index (κ2) is 5.67. The first-order valence-electron chi connectivity index (χ1n) is 6.43. The van der Waals surface area contributed by atoms with Gasteiger partial charge in [0.05, 0.1) is 0 Å². The summed E-state index contributed by atoms with van der Waals surface area (Å²) in [5, 5.41) is 1.27. The molecular weight excluding hydrogens is 222 g/mol. The van der Waals surface area contributed by atoms with Gasteiger partial charge in [0.1, 0.15) is 0 Å². The number of hydrogen-bond acceptors (Lipinski definition) is 1. The number of carbonyl (C=O) groups excluding carboxylic acids is 1. The van der Waals surface area contributed by atoms with Gasteiger partial charge >= 0.3 is 0 Å². The minimum Gasteiger partial charge on any atom is -0.361 e. The van der Waals surface area contributed by atoms with E-state index in [0.717, 1.165) is 18.4 Å². The standard InChI is InChI=1S/C16H19NO/c1-3-12(2)16(18)9-5-7-13-6-4-8-15-14(13)10-11-17-15/h3-4,6,8,10-11,17H,5,7,9H2,1-2H3/b12-3+. The Balaban J connectivity index is 1.99. The van der Waals surface area contributed by atoms with Crippen molar-refractivity contribution in [2.24, 2.45) is 0 Å². The quantitative estimate of drug-likeness (QED) is 0.788. The summed E-state index contributed by atoms with van der Waals surface area (Å²) in [6.45, 7) is 3.79. The average Bonchev–Trinajstić information content (AvgIpc) is 2.86. The Hall–Kier alpha value is -1.83. The van der Waals surface area contributed by atoms with Gasteiger partial charge in [-0.3, -0.25) is 4.79 Å². The molecule has 2 heteroatoms. The molecule has 2 aromatic rings. The molecule has 0 aliphatic carbocycles. The van der Waals surface area contributed by atoms with Crippen LogP contribution >= 0.6 is 0 Å². The van der Waals surface area contributed by atoms with Gasteiger partial charge in [-0.1, -0.05) is 18.2 Å². The summed E-state index contributed by atoms with van der Waals surface area (Å²) in [4.78, 5) is 14.9. The van der Waals surface area contributed by atoms with Crippen LogP contribution in [0.1, 0.15) is 32.3 Å². The third kappa shape index (κ3) is 2.70. The van der Waals surface area contributed by atoms with Gasteiger partial charge in [0.15, 0.2) is 5.78 Å². The monoisotopic (exact) mass is 241 g/mol. The SMILES string of the molecule is C/C=C(\C)C(=O)CCCc1cccc2[nH]ccc12. The number of aromatic amines is 1. The number of fused-ring (bicyclic) bond motifs is 1. The van der Waals surface area contributed by atoms with Crippen molar-refractivity contribution in [1.82, 2.24) is 4.98 Å². The molecule has 2 nitrogen and oxygen atoms in total. The smallest absolute Gasteiger partial charge is 0.158 e. The fourth-order valence-corrected chi connectivity index (χ4v) is 2.17. The lowest BCUT2D eigenvalue weighted by atomic mass is 10.0. The predicted octanol–water partition coefficient (Wildman–Crippen LogP) is 4.03. The molecule has 0 amide bonds. The Morgan fingerprint density at radius 3 is 2.94 bits per heavy atom. The minimum atomic E-state index is 0.263. The number of H-pyrrole nitrogens is 1. The summed E-state index contributed by atoms with van der Waals surface area (Å²) < 4.78 is 0. The van der Waals surface area contributed by atoms with Crippen LogP contribution in [0.2, 0.25) is 0 Å². The molecule has 0 unspecified atom stereocenters. The number of carbonyl (C=O) groups is 1. The lowest BCUT2D eigenvalue weighted by molar-refractivity contribution is -0.115. The van der Waals surface area contributed by atoms with Gasteiger partial charge in [0.2, 0.25) is 0 Å². The van der Waals surface area contributed by atoms with E-state index in [4.69, 9.17) is 0 Å². The molecule has 0 aliphatic heterocycles.